The van der Waals surface area contributed by atoms with Gasteiger partial charge in [0, 0.05) is 17.1 Å². The van der Waals surface area contributed by atoms with Crippen molar-refractivity contribution in [1.82, 2.24) is 19.7 Å². The van der Waals surface area contributed by atoms with Gasteiger partial charge in [-0.25, -0.2) is 9.78 Å². The second-order valence-electron chi connectivity index (χ2n) is 6.05. The fraction of sp³-hybridized carbons (Fsp3) is 0.316. The lowest BCUT2D eigenvalue weighted by Crippen LogP contribution is -2.14. The van der Waals surface area contributed by atoms with Gasteiger partial charge >= 0.3 is 5.97 Å². The van der Waals surface area contributed by atoms with Crippen LogP contribution >= 0.6 is 34.7 Å². The molecule has 0 aliphatic rings. The molecule has 3 aromatic rings. The minimum Gasteiger partial charge on any atom is -0.462 e. The van der Waals surface area contributed by atoms with Crippen LogP contribution < -0.4 is 5.32 Å². The maximum Gasteiger partial charge on any atom is 0.350 e. The number of hydrogen-bond acceptors (Lipinski definition) is 8. The average molecular weight is 466 g/mol. The van der Waals surface area contributed by atoms with Crippen LogP contribution in [0.15, 0.2) is 29.4 Å². The van der Waals surface area contributed by atoms with Crippen LogP contribution in [0.4, 0.5) is 5.13 Å². The summed E-state index contributed by atoms with van der Waals surface area (Å²) in [5.74, 6) is 0.129. The Bertz CT molecular complexity index is 1070. The SMILES string of the molecule is CCOC(=O)c1sc(NC(=O)CSc2nnc(-c3cccc(Cl)c3)n2CC)nc1C. The number of nitrogens with zero attached hydrogens (tertiary/aromatic N) is 4. The van der Waals surface area contributed by atoms with E-state index in [9.17, 15) is 9.59 Å². The number of halogens is 1. The molecule has 2 heterocycles. The summed E-state index contributed by atoms with van der Waals surface area (Å²) in [5.41, 5.74) is 1.39. The van der Waals surface area contributed by atoms with E-state index in [0.717, 1.165) is 16.9 Å². The third-order valence-corrected chi connectivity index (χ3v) is 6.21. The van der Waals surface area contributed by atoms with E-state index in [1.807, 2.05) is 29.7 Å². The quantitative estimate of drug-likeness (QED) is 0.391. The van der Waals surface area contributed by atoms with E-state index in [2.05, 4.69) is 20.5 Å². The molecule has 0 atom stereocenters. The normalized spacial score (nSPS) is 10.8. The molecule has 3 rings (SSSR count). The summed E-state index contributed by atoms with van der Waals surface area (Å²) in [6, 6.07) is 7.39. The van der Waals surface area contributed by atoms with E-state index >= 15 is 0 Å². The highest BCUT2D eigenvalue weighted by molar-refractivity contribution is 7.99. The van der Waals surface area contributed by atoms with Gasteiger partial charge in [0.25, 0.3) is 0 Å². The first-order valence-corrected chi connectivity index (χ1v) is 11.4. The molecular weight excluding hydrogens is 446 g/mol. The number of rotatable bonds is 8. The Morgan fingerprint density at radius 2 is 2.10 bits per heavy atom. The number of ether oxygens (including phenoxy) is 1. The van der Waals surface area contributed by atoms with Gasteiger partial charge in [0.1, 0.15) is 4.88 Å². The Morgan fingerprint density at radius 1 is 1.30 bits per heavy atom. The summed E-state index contributed by atoms with van der Waals surface area (Å²) < 4.78 is 6.92. The third-order valence-electron chi connectivity index (χ3n) is 3.95. The first kappa shape index (κ1) is 22.3. The molecule has 0 bridgehead atoms. The fourth-order valence-electron chi connectivity index (χ4n) is 2.64. The van der Waals surface area contributed by atoms with Gasteiger partial charge in [-0.1, -0.05) is 46.8 Å². The first-order valence-electron chi connectivity index (χ1n) is 9.19. The second kappa shape index (κ2) is 10.1. The van der Waals surface area contributed by atoms with Crippen LogP contribution in [0.1, 0.15) is 29.2 Å². The lowest BCUT2D eigenvalue weighted by Gasteiger charge is -2.07. The molecule has 11 heteroatoms. The summed E-state index contributed by atoms with van der Waals surface area (Å²) in [5, 5.41) is 12.8. The van der Waals surface area contributed by atoms with Gasteiger partial charge in [0.15, 0.2) is 16.1 Å². The molecular formula is C19H20ClN5O3S2. The molecule has 8 nitrogen and oxygen atoms in total. The third kappa shape index (κ3) is 5.18. The largest absolute Gasteiger partial charge is 0.462 e. The zero-order valence-corrected chi connectivity index (χ0v) is 19.0. The number of thioether (sulfide) groups is 1. The van der Waals surface area contributed by atoms with Gasteiger partial charge in [-0.15, -0.1) is 10.2 Å². The van der Waals surface area contributed by atoms with Crippen molar-refractivity contribution in [2.45, 2.75) is 32.5 Å². The van der Waals surface area contributed by atoms with Crippen molar-refractivity contribution in [2.24, 2.45) is 0 Å². The predicted molar refractivity (Wildman–Crippen MR) is 118 cm³/mol. The zero-order chi connectivity index (χ0) is 21.7. The van der Waals surface area contributed by atoms with Crippen molar-refractivity contribution in [3.63, 3.8) is 0 Å². The Morgan fingerprint density at radius 3 is 2.80 bits per heavy atom. The highest BCUT2D eigenvalue weighted by Crippen LogP contribution is 2.27. The van der Waals surface area contributed by atoms with Crippen molar-refractivity contribution >= 4 is 51.7 Å². The van der Waals surface area contributed by atoms with E-state index in [0.29, 0.717) is 38.3 Å². The number of carbonyl (C=O) groups excluding carboxylic acids is 2. The van der Waals surface area contributed by atoms with Gasteiger partial charge in [-0.05, 0) is 32.9 Å². The molecule has 0 aliphatic carbocycles. The zero-order valence-electron chi connectivity index (χ0n) is 16.6. The maximum atomic E-state index is 12.4. The van der Waals surface area contributed by atoms with E-state index in [1.165, 1.54) is 11.8 Å². The lowest BCUT2D eigenvalue weighted by molar-refractivity contribution is -0.113. The number of benzene rings is 1. The molecule has 2 aromatic heterocycles. The van der Waals surface area contributed by atoms with Gasteiger partial charge in [0.2, 0.25) is 5.91 Å². The molecule has 1 amide bonds. The minimum absolute atomic E-state index is 0.126. The average Bonchev–Trinajstić information content (AvgIpc) is 3.29. The summed E-state index contributed by atoms with van der Waals surface area (Å²) in [6.07, 6.45) is 0. The molecule has 158 valence electrons. The molecule has 0 unspecified atom stereocenters. The van der Waals surface area contributed by atoms with Crippen molar-refractivity contribution < 1.29 is 14.3 Å². The Hall–Kier alpha value is -2.43. The van der Waals surface area contributed by atoms with Crippen molar-refractivity contribution in [2.75, 3.05) is 17.7 Å². The van der Waals surface area contributed by atoms with E-state index in [-0.39, 0.29) is 18.3 Å². The molecule has 0 saturated carbocycles. The Balaban J connectivity index is 1.65. The number of anilines is 1. The van der Waals surface area contributed by atoms with Crippen LogP contribution in [0, 0.1) is 6.92 Å². The van der Waals surface area contributed by atoms with Gasteiger partial charge in [-0.2, -0.15) is 0 Å². The van der Waals surface area contributed by atoms with Crippen LogP contribution in [0.3, 0.4) is 0 Å². The van der Waals surface area contributed by atoms with Crippen molar-refractivity contribution in [1.29, 1.82) is 0 Å². The summed E-state index contributed by atoms with van der Waals surface area (Å²) in [6.45, 7) is 6.35. The van der Waals surface area contributed by atoms with Gasteiger partial charge in [-0.3, -0.25) is 4.79 Å². The standard InChI is InChI=1S/C19H20ClN5O3S2/c1-4-25-16(12-7-6-8-13(20)9-12)23-24-19(25)29-10-14(26)22-18-21-11(3)15(30-18)17(27)28-5-2/h6-9H,4-5,10H2,1-3H3,(H,21,22,26). The Labute approximate surface area is 187 Å². The van der Waals surface area contributed by atoms with E-state index in [4.69, 9.17) is 16.3 Å². The van der Waals surface area contributed by atoms with E-state index in [1.54, 1.807) is 19.9 Å². The number of aromatic nitrogens is 4. The molecule has 1 N–H and O–H groups in total. The fourth-order valence-corrected chi connectivity index (χ4v) is 4.51. The second-order valence-corrected chi connectivity index (χ2v) is 8.43. The minimum atomic E-state index is -0.438. The topological polar surface area (TPSA) is 99.0 Å². The molecule has 0 saturated heterocycles. The van der Waals surface area contributed by atoms with Crippen molar-refractivity contribution in [3.05, 3.63) is 39.9 Å². The smallest absolute Gasteiger partial charge is 0.350 e. The van der Waals surface area contributed by atoms with Crippen LogP contribution in [0.25, 0.3) is 11.4 Å². The number of amides is 1. The van der Waals surface area contributed by atoms with E-state index < -0.39 is 5.97 Å². The number of nitrogens with one attached hydrogen (secondary N) is 1. The van der Waals surface area contributed by atoms with Gasteiger partial charge < -0.3 is 14.6 Å². The predicted octanol–water partition coefficient (Wildman–Crippen LogP) is 4.29. The lowest BCUT2D eigenvalue weighted by atomic mass is 10.2. The van der Waals surface area contributed by atoms with Crippen LogP contribution in [-0.2, 0) is 16.1 Å². The summed E-state index contributed by atoms with van der Waals surface area (Å²) in [4.78, 5) is 28.9. The van der Waals surface area contributed by atoms with Crippen LogP contribution in [-0.4, -0.2) is 44.0 Å². The summed E-state index contributed by atoms with van der Waals surface area (Å²) >= 11 is 8.45. The summed E-state index contributed by atoms with van der Waals surface area (Å²) in [7, 11) is 0. The number of esters is 1. The molecule has 0 fully saturated rings. The molecule has 1 aromatic carbocycles. The highest BCUT2D eigenvalue weighted by atomic mass is 35.5. The highest BCUT2D eigenvalue weighted by Gasteiger charge is 2.19. The number of aryl methyl sites for hydroxylation is 1. The maximum absolute atomic E-state index is 12.4. The molecule has 0 aliphatic heterocycles. The molecule has 0 spiro atoms. The first-order chi connectivity index (χ1) is 14.4. The van der Waals surface area contributed by atoms with Crippen LogP contribution in [0.2, 0.25) is 5.02 Å². The molecule has 30 heavy (non-hydrogen) atoms. The number of carbonyl (C=O) groups is 2. The monoisotopic (exact) mass is 465 g/mol. The van der Waals surface area contributed by atoms with Crippen LogP contribution in [0.5, 0.6) is 0 Å². The molecule has 0 radical (unpaired) electrons. The van der Waals surface area contributed by atoms with Gasteiger partial charge in [0.05, 0.1) is 18.1 Å². The Kier molecular flexibility index (Phi) is 7.46. The number of thiazole rings is 1. The number of hydrogen-bond donors (Lipinski definition) is 1. The van der Waals surface area contributed by atoms with Crippen molar-refractivity contribution in [3.8, 4) is 11.4 Å².